The molecule has 3 heterocycles. The second-order valence-corrected chi connectivity index (χ2v) is 8.97. The zero-order chi connectivity index (χ0) is 20.3. The van der Waals surface area contributed by atoms with Gasteiger partial charge in [-0.1, -0.05) is 35.3 Å². The Morgan fingerprint density at radius 3 is 2.69 bits per heavy atom. The minimum Gasteiger partial charge on any atom is -0.354 e. The van der Waals surface area contributed by atoms with Crippen LogP contribution in [-0.4, -0.2) is 48.5 Å². The average Bonchev–Trinajstić information content (AvgIpc) is 3.03. The van der Waals surface area contributed by atoms with E-state index in [0.29, 0.717) is 0 Å². The lowest BCUT2D eigenvalue weighted by Crippen LogP contribution is -2.47. The van der Waals surface area contributed by atoms with E-state index in [1.165, 1.54) is 0 Å². The van der Waals surface area contributed by atoms with Gasteiger partial charge < -0.3 is 10.2 Å². The smallest absolute Gasteiger partial charge is 0.235 e. The van der Waals surface area contributed by atoms with Crippen LogP contribution < -0.4 is 10.2 Å². The lowest BCUT2D eigenvalue weighted by molar-refractivity contribution is -0.121. The van der Waals surface area contributed by atoms with Crippen molar-refractivity contribution in [2.45, 2.75) is 38.0 Å². The lowest BCUT2D eigenvalue weighted by atomic mass is 9.75. The van der Waals surface area contributed by atoms with Gasteiger partial charge in [0.15, 0.2) is 0 Å². The summed E-state index contributed by atoms with van der Waals surface area (Å²) in [4.78, 5) is 22.2. The molecule has 2 aromatic rings. The molecule has 1 aromatic heterocycles. The Labute approximate surface area is 181 Å². The van der Waals surface area contributed by atoms with Crippen LogP contribution >= 0.6 is 15.9 Å². The maximum absolute atomic E-state index is 12.8. The molecule has 1 aromatic carbocycles. The fourth-order valence-corrected chi connectivity index (χ4v) is 5.03. The van der Waals surface area contributed by atoms with Gasteiger partial charge in [0.1, 0.15) is 5.82 Å². The van der Waals surface area contributed by atoms with Crippen molar-refractivity contribution in [3.8, 4) is 0 Å². The highest BCUT2D eigenvalue weighted by Crippen LogP contribution is 2.44. The first-order valence-corrected chi connectivity index (χ1v) is 11.4. The fraction of sp³-hybridized carbons (Fsp3) is 0.478. The summed E-state index contributed by atoms with van der Waals surface area (Å²) in [6.07, 6.45) is 5.80. The summed E-state index contributed by atoms with van der Waals surface area (Å²) >= 11 is 3.57. The molecule has 2 aliphatic rings. The summed E-state index contributed by atoms with van der Waals surface area (Å²) in [6, 6.07) is 12.2. The molecule has 1 fully saturated rings. The molecule has 1 unspecified atom stereocenters. The Hall–Kier alpha value is -1.92. The summed E-state index contributed by atoms with van der Waals surface area (Å²) < 4.78 is 1.04. The Morgan fingerprint density at radius 2 is 1.97 bits per heavy atom. The Morgan fingerprint density at radius 1 is 1.14 bits per heavy atom. The summed E-state index contributed by atoms with van der Waals surface area (Å²) in [5.74, 6) is 1.24. The summed E-state index contributed by atoms with van der Waals surface area (Å²) in [7, 11) is 0. The monoisotopic (exact) mass is 456 g/mol. The van der Waals surface area contributed by atoms with E-state index in [4.69, 9.17) is 0 Å². The van der Waals surface area contributed by atoms with E-state index in [9.17, 15) is 4.79 Å². The molecule has 1 saturated heterocycles. The highest BCUT2D eigenvalue weighted by Gasteiger charge is 2.44. The highest BCUT2D eigenvalue weighted by molar-refractivity contribution is 9.10. The van der Waals surface area contributed by atoms with Crippen molar-refractivity contribution in [1.82, 2.24) is 9.88 Å². The van der Waals surface area contributed by atoms with Gasteiger partial charge in [-0.05, 0) is 61.7 Å². The highest BCUT2D eigenvalue weighted by atomic mass is 79.9. The van der Waals surface area contributed by atoms with Gasteiger partial charge in [-0.25, -0.2) is 4.98 Å². The number of halogens is 1. The summed E-state index contributed by atoms with van der Waals surface area (Å²) in [6.45, 7) is 7.44. The first-order valence-electron chi connectivity index (χ1n) is 10.6. The fourth-order valence-electron chi connectivity index (χ4n) is 4.67. The van der Waals surface area contributed by atoms with Crippen LogP contribution in [0.25, 0.3) is 0 Å². The van der Waals surface area contributed by atoms with Crippen LogP contribution in [-0.2, 0) is 10.2 Å². The van der Waals surface area contributed by atoms with Crippen molar-refractivity contribution in [3.05, 3.63) is 52.6 Å². The van der Waals surface area contributed by atoms with Gasteiger partial charge in [0.25, 0.3) is 0 Å². The molecule has 0 radical (unpaired) electrons. The van der Waals surface area contributed by atoms with Gasteiger partial charge in [0.2, 0.25) is 5.91 Å². The molecule has 1 N–H and O–H groups in total. The molecule has 6 heteroatoms. The van der Waals surface area contributed by atoms with Gasteiger partial charge in [-0.15, -0.1) is 0 Å². The van der Waals surface area contributed by atoms with E-state index < -0.39 is 0 Å². The number of unbranched alkanes of at least 4 members (excludes halogenated alkanes) is 1. The molecule has 2 aliphatic heterocycles. The molecule has 5 nitrogen and oxygen atoms in total. The van der Waals surface area contributed by atoms with Crippen LogP contribution in [0.4, 0.5) is 11.5 Å². The van der Waals surface area contributed by atoms with Crippen molar-refractivity contribution >= 4 is 33.3 Å². The van der Waals surface area contributed by atoms with E-state index in [1.807, 2.05) is 30.5 Å². The third-order valence-corrected chi connectivity index (χ3v) is 6.95. The summed E-state index contributed by atoms with van der Waals surface area (Å²) in [5, 5.41) is 3.10. The molecule has 4 rings (SSSR count). The number of anilines is 2. The number of pyridine rings is 1. The van der Waals surface area contributed by atoms with Gasteiger partial charge in [-0.3, -0.25) is 9.69 Å². The van der Waals surface area contributed by atoms with Crippen LogP contribution in [0.2, 0.25) is 0 Å². The van der Waals surface area contributed by atoms with E-state index in [2.05, 4.69) is 55.1 Å². The van der Waals surface area contributed by atoms with Crippen LogP contribution in [0.3, 0.4) is 0 Å². The molecular formula is C23H29BrN4O. The number of amides is 1. The number of aromatic nitrogens is 1. The average molecular weight is 457 g/mol. The molecule has 0 spiro atoms. The van der Waals surface area contributed by atoms with E-state index in [-0.39, 0.29) is 11.3 Å². The topological polar surface area (TPSA) is 48.5 Å². The van der Waals surface area contributed by atoms with Crippen LogP contribution in [0, 0.1) is 0 Å². The Bertz CT molecular complexity index is 851. The number of hydrogen-bond acceptors (Lipinski definition) is 4. The lowest BCUT2D eigenvalue weighted by Gasteiger charge is -2.35. The van der Waals surface area contributed by atoms with Crippen molar-refractivity contribution in [2.24, 2.45) is 0 Å². The first-order chi connectivity index (χ1) is 14.1. The molecular weight excluding hydrogens is 428 g/mol. The number of rotatable bonds is 7. The maximum Gasteiger partial charge on any atom is 0.235 e. The van der Waals surface area contributed by atoms with Crippen molar-refractivity contribution in [3.63, 3.8) is 0 Å². The number of nitrogens with one attached hydrogen (secondary N) is 1. The molecule has 154 valence electrons. The standard InChI is InChI=1S/C23H29BrN4O/c1-2-23(19-17-18(24)8-9-20(19)26-22(23)29)10-4-6-12-27-13-15-28(16-14-27)21-7-3-5-11-25-21/h3,5,7-9,11,17H,2,4,6,10,12-16H2,1H3,(H,26,29). The largest absolute Gasteiger partial charge is 0.354 e. The minimum atomic E-state index is -0.378. The van der Waals surface area contributed by atoms with Crippen LogP contribution in [0.5, 0.6) is 0 Å². The van der Waals surface area contributed by atoms with E-state index in [1.54, 1.807) is 0 Å². The first kappa shape index (κ1) is 20.4. The van der Waals surface area contributed by atoms with Gasteiger partial charge >= 0.3 is 0 Å². The quantitative estimate of drug-likeness (QED) is 0.625. The van der Waals surface area contributed by atoms with Crippen LogP contribution in [0.1, 0.15) is 38.2 Å². The number of piperazine rings is 1. The number of nitrogens with zero attached hydrogens (tertiary/aromatic N) is 3. The zero-order valence-corrected chi connectivity index (χ0v) is 18.6. The number of carbonyl (C=O) groups excluding carboxylic acids is 1. The van der Waals surface area contributed by atoms with E-state index in [0.717, 1.165) is 79.9 Å². The second kappa shape index (κ2) is 8.84. The van der Waals surface area contributed by atoms with Gasteiger partial charge in [0, 0.05) is 42.5 Å². The third-order valence-electron chi connectivity index (χ3n) is 6.46. The van der Waals surface area contributed by atoms with Crippen molar-refractivity contribution in [1.29, 1.82) is 0 Å². The number of carbonyl (C=O) groups is 1. The molecule has 29 heavy (non-hydrogen) atoms. The summed E-state index contributed by atoms with van der Waals surface area (Å²) in [5.41, 5.74) is 1.76. The SMILES string of the molecule is CCC1(CCCCN2CCN(c3ccccn3)CC2)C(=O)Nc2ccc(Br)cc21. The normalized spacial score (nSPS) is 21.9. The minimum absolute atomic E-state index is 0.164. The molecule has 1 atom stereocenters. The second-order valence-electron chi connectivity index (χ2n) is 8.05. The van der Waals surface area contributed by atoms with Crippen LogP contribution in [0.15, 0.2) is 47.1 Å². The molecule has 0 aliphatic carbocycles. The molecule has 1 amide bonds. The zero-order valence-electron chi connectivity index (χ0n) is 17.0. The molecule has 0 bridgehead atoms. The predicted molar refractivity (Wildman–Crippen MR) is 121 cm³/mol. The Balaban J connectivity index is 1.28. The van der Waals surface area contributed by atoms with Gasteiger partial charge in [0.05, 0.1) is 5.41 Å². The van der Waals surface area contributed by atoms with Crippen molar-refractivity contribution < 1.29 is 4.79 Å². The third kappa shape index (κ3) is 4.19. The predicted octanol–water partition coefficient (Wildman–Crippen LogP) is 4.44. The van der Waals surface area contributed by atoms with Crippen molar-refractivity contribution in [2.75, 3.05) is 42.9 Å². The van der Waals surface area contributed by atoms with Gasteiger partial charge in [-0.2, -0.15) is 0 Å². The number of benzene rings is 1. The maximum atomic E-state index is 12.8. The number of hydrogen-bond donors (Lipinski definition) is 1. The number of fused-ring (bicyclic) bond motifs is 1. The Kier molecular flexibility index (Phi) is 6.20. The molecule has 0 saturated carbocycles. The van der Waals surface area contributed by atoms with E-state index >= 15 is 0 Å².